The molecule has 1 aliphatic heterocycles. The van der Waals surface area contributed by atoms with Crippen LogP contribution in [0, 0.1) is 6.92 Å². The minimum atomic E-state index is -0.0501. The average Bonchev–Trinajstić information content (AvgIpc) is 2.46. The third-order valence-corrected chi connectivity index (χ3v) is 4.80. The number of nitrogens with zero attached hydrogens (tertiary/aromatic N) is 1. The number of thioether (sulfide) groups is 1. The van der Waals surface area contributed by atoms with Crippen LogP contribution in [0.1, 0.15) is 25.0 Å². The van der Waals surface area contributed by atoms with Crippen molar-refractivity contribution in [1.29, 1.82) is 0 Å². The predicted octanol–water partition coefficient (Wildman–Crippen LogP) is 3.03. The number of carbonyl (C=O) groups excluding carboxylic acids is 1. The van der Waals surface area contributed by atoms with Gasteiger partial charge in [-0.05, 0) is 18.1 Å². The highest BCUT2D eigenvalue weighted by Gasteiger charge is 2.24. The van der Waals surface area contributed by atoms with Crippen LogP contribution in [0.3, 0.4) is 0 Å². The molecule has 1 N–H and O–H groups in total. The number of rotatable bonds is 3. The zero-order valence-electron chi connectivity index (χ0n) is 12.6. The van der Waals surface area contributed by atoms with E-state index in [0.29, 0.717) is 6.54 Å². The summed E-state index contributed by atoms with van der Waals surface area (Å²) in [6.07, 6.45) is 0. The molecule has 0 unspecified atom stereocenters. The molecule has 1 aromatic carbocycles. The summed E-state index contributed by atoms with van der Waals surface area (Å²) in [5.41, 5.74) is 2.53. The maximum absolute atomic E-state index is 12.2. The summed E-state index contributed by atoms with van der Waals surface area (Å²) in [5.74, 6) is 2.10. The SMILES string of the molecule is Cc1ccccc1C(C)(C)CNC(=O)N1CCSCC1. The van der Waals surface area contributed by atoms with E-state index in [1.807, 2.05) is 16.7 Å². The summed E-state index contributed by atoms with van der Waals surface area (Å²) >= 11 is 1.92. The van der Waals surface area contributed by atoms with Gasteiger partial charge in [0.25, 0.3) is 0 Å². The smallest absolute Gasteiger partial charge is 0.317 e. The van der Waals surface area contributed by atoms with Crippen LogP contribution in [0.4, 0.5) is 4.79 Å². The van der Waals surface area contributed by atoms with Crippen LogP contribution in [0.5, 0.6) is 0 Å². The van der Waals surface area contributed by atoms with Gasteiger partial charge in [-0.25, -0.2) is 4.79 Å². The summed E-state index contributed by atoms with van der Waals surface area (Å²) < 4.78 is 0. The lowest BCUT2D eigenvalue weighted by molar-refractivity contribution is 0.200. The molecule has 1 aromatic rings. The van der Waals surface area contributed by atoms with Gasteiger partial charge in [0.15, 0.2) is 0 Å². The number of nitrogens with one attached hydrogen (secondary N) is 1. The number of aryl methyl sites for hydroxylation is 1. The van der Waals surface area contributed by atoms with E-state index < -0.39 is 0 Å². The fraction of sp³-hybridized carbons (Fsp3) is 0.562. The van der Waals surface area contributed by atoms with Crippen LogP contribution < -0.4 is 5.32 Å². The highest BCUT2D eigenvalue weighted by atomic mass is 32.2. The Kier molecular flexibility index (Phi) is 4.97. The average molecular weight is 292 g/mol. The molecule has 3 nitrogen and oxygen atoms in total. The molecule has 0 aliphatic carbocycles. The predicted molar refractivity (Wildman–Crippen MR) is 86.5 cm³/mol. The molecule has 0 bridgehead atoms. The Bertz CT molecular complexity index is 467. The second kappa shape index (κ2) is 6.53. The summed E-state index contributed by atoms with van der Waals surface area (Å²) in [4.78, 5) is 14.1. The second-order valence-corrected chi connectivity index (χ2v) is 7.18. The lowest BCUT2D eigenvalue weighted by atomic mass is 9.82. The quantitative estimate of drug-likeness (QED) is 0.929. The van der Waals surface area contributed by atoms with Gasteiger partial charge in [-0.2, -0.15) is 11.8 Å². The fourth-order valence-corrected chi connectivity index (χ4v) is 3.51. The first-order valence-corrected chi connectivity index (χ1v) is 8.33. The monoisotopic (exact) mass is 292 g/mol. The summed E-state index contributed by atoms with van der Waals surface area (Å²) in [6.45, 7) is 8.88. The topological polar surface area (TPSA) is 32.3 Å². The minimum Gasteiger partial charge on any atom is -0.337 e. The molecule has 110 valence electrons. The normalized spacial score (nSPS) is 16.1. The van der Waals surface area contributed by atoms with Gasteiger partial charge < -0.3 is 10.2 Å². The molecule has 0 radical (unpaired) electrons. The zero-order chi connectivity index (χ0) is 14.6. The summed E-state index contributed by atoms with van der Waals surface area (Å²) in [6, 6.07) is 8.47. The molecule has 1 heterocycles. The van der Waals surface area contributed by atoms with Crippen LogP contribution in [0.15, 0.2) is 24.3 Å². The highest BCUT2D eigenvalue weighted by molar-refractivity contribution is 7.99. The van der Waals surface area contributed by atoms with Gasteiger partial charge >= 0.3 is 6.03 Å². The van der Waals surface area contributed by atoms with Gasteiger partial charge in [0.2, 0.25) is 0 Å². The Labute approximate surface area is 126 Å². The third kappa shape index (κ3) is 3.69. The highest BCUT2D eigenvalue weighted by Crippen LogP contribution is 2.25. The lowest BCUT2D eigenvalue weighted by Crippen LogP contribution is -2.47. The first kappa shape index (κ1) is 15.2. The Morgan fingerprint density at radius 3 is 2.60 bits per heavy atom. The number of amides is 2. The number of hydrogen-bond donors (Lipinski definition) is 1. The van der Waals surface area contributed by atoms with E-state index in [1.165, 1.54) is 11.1 Å². The number of hydrogen-bond acceptors (Lipinski definition) is 2. The lowest BCUT2D eigenvalue weighted by Gasteiger charge is -2.31. The maximum Gasteiger partial charge on any atom is 0.317 e. The van der Waals surface area contributed by atoms with Crippen LogP contribution in [0.25, 0.3) is 0 Å². The van der Waals surface area contributed by atoms with Gasteiger partial charge in [0, 0.05) is 36.6 Å². The van der Waals surface area contributed by atoms with Crippen LogP contribution in [0.2, 0.25) is 0 Å². The third-order valence-electron chi connectivity index (χ3n) is 3.85. The van der Waals surface area contributed by atoms with Gasteiger partial charge in [0.1, 0.15) is 0 Å². The summed E-state index contributed by atoms with van der Waals surface area (Å²) in [5, 5.41) is 3.10. The Balaban J connectivity index is 1.95. The van der Waals surface area contributed by atoms with E-state index in [-0.39, 0.29) is 11.4 Å². The van der Waals surface area contributed by atoms with Gasteiger partial charge in [0.05, 0.1) is 0 Å². The molecule has 20 heavy (non-hydrogen) atoms. The molecule has 1 saturated heterocycles. The molecule has 0 saturated carbocycles. The largest absolute Gasteiger partial charge is 0.337 e. The molecule has 1 aliphatic rings. The Morgan fingerprint density at radius 2 is 1.95 bits per heavy atom. The van der Waals surface area contributed by atoms with Crippen LogP contribution in [-0.2, 0) is 5.41 Å². The maximum atomic E-state index is 12.2. The number of urea groups is 1. The van der Waals surface area contributed by atoms with E-state index >= 15 is 0 Å². The van der Waals surface area contributed by atoms with E-state index in [4.69, 9.17) is 0 Å². The molecule has 2 amide bonds. The van der Waals surface area contributed by atoms with E-state index in [2.05, 4.69) is 50.4 Å². The van der Waals surface area contributed by atoms with Crippen molar-refractivity contribution in [3.05, 3.63) is 35.4 Å². The fourth-order valence-electron chi connectivity index (χ4n) is 2.60. The molecule has 0 atom stereocenters. The van der Waals surface area contributed by atoms with Gasteiger partial charge in [-0.15, -0.1) is 0 Å². The van der Waals surface area contributed by atoms with Crippen molar-refractivity contribution < 1.29 is 4.79 Å². The van der Waals surface area contributed by atoms with E-state index in [0.717, 1.165) is 24.6 Å². The van der Waals surface area contributed by atoms with Crippen molar-refractivity contribution in [2.75, 3.05) is 31.1 Å². The van der Waals surface area contributed by atoms with Crippen molar-refractivity contribution >= 4 is 17.8 Å². The van der Waals surface area contributed by atoms with Crippen molar-refractivity contribution in [2.24, 2.45) is 0 Å². The van der Waals surface area contributed by atoms with Crippen LogP contribution >= 0.6 is 11.8 Å². The van der Waals surface area contributed by atoms with Gasteiger partial charge in [-0.3, -0.25) is 0 Å². The molecule has 0 aromatic heterocycles. The second-order valence-electron chi connectivity index (χ2n) is 5.96. The van der Waals surface area contributed by atoms with Crippen molar-refractivity contribution in [3.63, 3.8) is 0 Å². The molecule has 1 fully saturated rings. The molecular weight excluding hydrogens is 268 g/mol. The standard InChI is InChI=1S/C16H24N2OS/c1-13-6-4-5-7-14(13)16(2,3)12-17-15(19)18-8-10-20-11-9-18/h4-7H,8-12H2,1-3H3,(H,17,19). The molecular formula is C16H24N2OS. The minimum absolute atomic E-state index is 0.0501. The van der Waals surface area contributed by atoms with Crippen molar-refractivity contribution in [3.8, 4) is 0 Å². The van der Waals surface area contributed by atoms with E-state index in [9.17, 15) is 4.79 Å². The number of benzene rings is 1. The number of carbonyl (C=O) groups is 1. The first-order chi connectivity index (χ1) is 9.50. The summed E-state index contributed by atoms with van der Waals surface area (Å²) in [7, 11) is 0. The zero-order valence-corrected chi connectivity index (χ0v) is 13.4. The van der Waals surface area contributed by atoms with Crippen LogP contribution in [-0.4, -0.2) is 42.1 Å². The first-order valence-electron chi connectivity index (χ1n) is 7.17. The van der Waals surface area contributed by atoms with Gasteiger partial charge in [-0.1, -0.05) is 38.1 Å². The van der Waals surface area contributed by atoms with Crippen molar-refractivity contribution in [2.45, 2.75) is 26.2 Å². The Hall–Kier alpha value is -1.16. The van der Waals surface area contributed by atoms with E-state index in [1.54, 1.807) is 0 Å². The Morgan fingerprint density at radius 1 is 1.30 bits per heavy atom. The molecule has 4 heteroatoms. The molecule has 0 spiro atoms. The van der Waals surface area contributed by atoms with Crippen molar-refractivity contribution in [1.82, 2.24) is 10.2 Å². The molecule has 2 rings (SSSR count).